The Morgan fingerprint density at radius 2 is 1.88 bits per heavy atom. The van der Waals surface area contributed by atoms with Gasteiger partial charge in [-0.2, -0.15) is 0 Å². The lowest BCUT2D eigenvalue weighted by Gasteiger charge is -2.21. The van der Waals surface area contributed by atoms with E-state index < -0.39 is 0 Å². The van der Waals surface area contributed by atoms with E-state index >= 15 is 0 Å². The second kappa shape index (κ2) is 8.85. The van der Waals surface area contributed by atoms with E-state index in [0.717, 1.165) is 25.9 Å². The van der Waals surface area contributed by atoms with Crippen molar-refractivity contribution in [1.29, 1.82) is 0 Å². The molecule has 1 amide bonds. The van der Waals surface area contributed by atoms with Gasteiger partial charge in [0.1, 0.15) is 5.69 Å². The van der Waals surface area contributed by atoms with Gasteiger partial charge in [0.25, 0.3) is 5.91 Å². The first-order valence-electron chi connectivity index (χ1n) is 7.90. The van der Waals surface area contributed by atoms with Crippen LogP contribution in [0.5, 0.6) is 0 Å². The van der Waals surface area contributed by atoms with Crippen LogP contribution in [0, 0.1) is 0 Å². The minimum atomic E-state index is -0.351. The molecule has 1 heterocycles. The van der Waals surface area contributed by atoms with E-state index in [-0.39, 0.29) is 11.6 Å². The largest absolute Gasteiger partial charge is 0.341 e. The van der Waals surface area contributed by atoms with E-state index in [4.69, 9.17) is 23.2 Å². The zero-order valence-electron chi connectivity index (χ0n) is 13.7. The van der Waals surface area contributed by atoms with Gasteiger partial charge < -0.3 is 10.2 Å². The number of aromatic nitrogens is 2. The highest BCUT2D eigenvalue weighted by Crippen LogP contribution is 2.29. The molecule has 0 saturated carbocycles. The predicted octanol–water partition coefficient (Wildman–Crippen LogP) is 4.66. The molecule has 0 atom stereocenters. The van der Waals surface area contributed by atoms with Crippen molar-refractivity contribution in [2.24, 2.45) is 0 Å². The van der Waals surface area contributed by atoms with Crippen LogP contribution >= 0.6 is 23.2 Å². The number of carbonyl (C=O) groups is 1. The number of anilines is 2. The lowest BCUT2D eigenvalue weighted by molar-refractivity contribution is 0.102. The molecule has 1 aromatic heterocycles. The molecule has 0 aliphatic carbocycles. The number of nitrogens with zero attached hydrogens (tertiary/aromatic N) is 3. The third-order valence-corrected chi connectivity index (χ3v) is 4.16. The summed E-state index contributed by atoms with van der Waals surface area (Å²) >= 11 is 12.1. The van der Waals surface area contributed by atoms with E-state index in [1.807, 2.05) is 0 Å². The zero-order chi connectivity index (χ0) is 17.5. The molecular formula is C17H20Cl2N4O. The summed E-state index contributed by atoms with van der Waals surface area (Å²) in [6.07, 6.45) is 3.56. The Morgan fingerprint density at radius 1 is 1.17 bits per heavy atom. The first kappa shape index (κ1) is 18.5. The summed E-state index contributed by atoms with van der Waals surface area (Å²) < 4.78 is 0. The van der Waals surface area contributed by atoms with E-state index in [0.29, 0.717) is 21.7 Å². The Labute approximate surface area is 152 Å². The van der Waals surface area contributed by atoms with Gasteiger partial charge in [-0.25, -0.2) is 9.97 Å². The maximum Gasteiger partial charge on any atom is 0.274 e. The van der Waals surface area contributed by atoms with Crippen molar-refractivity contribution in [2.45, 2.75) is 26.7 Å². The minimum Gasteiger partial charge on any atom is -0.341 e. The molecule has 1 aromatic carbocycles. The minimum absolute atomic E-state index is 0.285. The number of carbonyl (C=O) groups excluding carboxylic acids is 1. The van der Waals surface area contributed by atoms with Gasteiger partial charge in [0.2, 0.25) is 5.95 Å². The molecule has 128 valence electrons. The molecule has 2 rings (SSSR count). The fraction of sp³-hybridized carbons (Fsp3) is 0.353. The van der Waals surface area contributed by atoms with Crippen LogP contribution < -0.4 is 10.2 Å². The highest BCUT2D eigenvalue weighted by atomic mass is 35.5. The molecule has 0 unspecified atom stereocenters. The van der Waals surface area contributed by atoms with Crippen LogP contribution in [0.2, 0.25) is 10.0 Å². The average molecular weight is 367 g/mol. The van der Waals surface area contributed by atoms with Crippen molar-refractivity contribution in [3.05, 3.63) is 46.2 Å². The van der Waals surface area contributed by atoms with Crippen molar-refractivity contribution < 1.29 is 4.79 Å². The quantitative estimate of drug-likeness (QED) is 0.773. The standard InChI is InChI=1S/C17H20Cl2N4O/c1-3-10-23(11-4-2)17-20-9-8-14(22-17)16(24)21-13-7-5-6-12(18)15(13)19/h5-9H,3-4,10-11H2,1-2H3,(H,21,24). The maximum atomic E-state index is 12.4. The van der Waals surface area contributed by atoms with Crippen molar-refractivity contribution >= 4 is 40.7 Å². The number of hydrogen-bond acceptors (Lipinski definition) is 4. The number of rotatable bonds is 7. The van der Waals surface area contributed by atoms with Gasteiger partial charge >= 0.3 is 0 Å². The summed E-state index contributed by atoms with van der Waals surface area (Å²) in [6, 6.07) is 6.65. The number of nitrogens with one attached hydrogen (secondary N) is 1. The van der Waals surface area contributed by atoms with Crippen LogP contribution in [-0.4, -0.2) is 29.0 Å². The van der Waals surface area contributed by atoms with Crippen molar-refractivity contribution in [3.8, 4) is 0 Å². The summed E-state index contributed by atoms with van der Waals surface area (Å²) in [5.74, 6) is 0.208. The van der Waals surface area contributed by atoms with E-state index in [1.165, 1.54) is 0 Å². The Balaban J connectivity index is 2.21. The monoisotopic (exact) mass is 366 g/mol. The fourth-order valence-corrected chi connectivity index (χ4v) is 2.61. The first-order chi connectivity index (χ1) is 11.6. The molecule has 0 aliphatic heterocycles. The lowest BCUT2D eigenvalue weighted by atomic mass is 10.3. The Bertz CT molecular complexity index is 703. The van der Waals surface area contributed by atoms with Gasteiger partial charge in [0, 0.05) is 19.3 Å². The van der Waals surface area contributed by atoms with Crippen molar-refractivity contribution in [2.75, 3.05) is 23.3 Å². The summed E-state index contributed by atoms with van der Waals surface area (Å²) in [5, 5.41) is 3.42. The highest BCUT2D eigenvalue weighted by molar-refractivity contribution is 6.44. The molecule has 0 fully saturated rings. The topological polar surface area (TPSA) is 58.1 Å². The molecule has 0 aliphatic rings. The first-order valence-corrected chi connectivity index (χ1v) is 8.65. The number of halogens is 2. The maximum absolute atomic E-state index is 12.4. The second-order valence-electron chi connectivity index (χ2n) is 5.28. The molecular weight excluding hydrogens is 347 g/mol. The Morgan fingerprint density at radius 3 is 2.54 bits per heavy atom. The molecule has 0 spiro atoms. The summed E-state index contributed by atoms with van der Waals surface area (Å²) in [7, 11) is 0. The number of amides is 1. The number of benzene rings is 1. The summed E-state index contributed by atoms with van der Waals surface area (Å²) in [5.41, 5.74) is 0.738. The average Bonchev–Trinajstić information content (AvgIpc) is 2.59. The van der Waals surface area contributed by atoms with Gasteiger partial charge in [-0.15, -0.1) is 0 Å². The van der Waals surface area contributed by atoms with Crippen LogP contribution in [0.1, 0.15) is 37.2 Å². The van der Waals surface area contributed by atoms with Gasteiger partial charge in [0.05, 0.1) is 15.7 Å². The number of hydrogen-bond donors (Lipinski definition) is 1. The third kappa shape index (κ3) is 4.58. The SMILES string of the molecule is CCCN(CCC)c1nccc(C(=O)Nc2cccc(Cl)c2Cl)n1. The fourth-order valence-electron chi connectivity index (χ4n) is 2.27. The Hall–Kier alpha value is -1.85. The van der Waals surface area contributed by atoms with Gasteiger partial charge in [0.15, 0.2) is 0 Å². The molecule has 24 heavy (non-hydrogen) atoms. The summed E-state index contributed by atoms with van der Waals surface area (Å²) in [4.78, 5) is 23.2. The van der Waals surface area contributed by atoms with Gasteiger partial charge in [-0.1, -0.05) is 43.1 Å². The molecule has 5 nitrogen and oxygen atoms in total. The van der Waals surface area contributed by atoms with Crippen LogP contribution in [-0.2, 0) is 0 Å². The van der Waals surface area contributed by atoms with E-state index in [1.54, 1.807) is 30.5 Å². The molecule has 0 saturated heterocycles. The molecule has 7 heteroatoms. The summed E-state index contributed by atoms with van der Waals surface area (Å²) in [6.45, 7) is 5.89. The third-order valence-electron chi connectivity index (χ3n) is 3.35. The van der Waals surface area contributed by atoms with Crippen molar-refractivity contribution in [1.82, 2.24) is 9.97 Å². The normalized spacial score (nSPS) is 10.5. The van der Waals surface area contributed by atoms with Crippen LogP contribution in [0.4, 0.5) is 11.6 Å². The second-order valence-corrected chi connectivity index (χ2v) is 6.07. The van der Waals surface area contributed by atoms with Crippen LogP contribution in [0.25, 0.3) is 0 Å². The van der Waals surface area contributed by atoms with Gasteiger partial charge in [-0.05, 0) is 31.0 Å². The van der Waals surface area contributed by atoms with Crippen molar-refractivity contribution in [3.63, 3.8) is 0 Å². The molecule has 2 aromatic rings. The van der Waals surface area contributed by atoms with Gasteiger partial charge in [-0.3, -0.25) is 4.79 Å². The Kier molecular flexibility index (Phi) is 6.82. The molecule has 0 bridgehead atoms. The van der Waals surface area contributed by atoms with E-state index in [9.17, 15) is 4.79 Å². The smallest absolute Gasteiger partial charge is 0.274 e. The zero-order valence-corrected chi connectivity index (χ0v) is 15.2. The predicted molar refractivity (Wildman–Crippen MR) is 99.2 cm³/mol. The van der Waals surface area contributed by atoms with E-state index in [2.05, 4.69) is 34.0 Å². The lowest BCUT2D eigenvalue weighted by Crippen LogP contribution is -2.27. The van der Waals surface area contributed by atoms with Crippen LogP contribution in [0.3, 0.4) is 0 Å². The molecule has 0 radical (unpaired) electrons. The molecule has 1 N–H and O–H groups in total. The highest BCUT2D eigenvalue weighted by Gasteiger charge is 2.14. The van der Waals surface area contributed by atoms with Crippen LogP contribution in [0.15, 0.2) is 30.5 Å².